The molecule has 182 valence electrons. The third-order valence-corrected chi connectivity index (χ3v) is 4.06. The van der Waals surface area contributed by atoms with Gasteiger partial charge in [0.1, 0.15) is 5.69 Å². The number of ether oxygens (including phenoxy) is 1. The van der Waals surface area contributed by atoms with Crippen LogP contribution in [0.15, 0.2) is 24.4 Å². The molecule has 3 rings (SSSR count). The first-order valence-electron chi connectivity index (χ1n) is 9.39. The quantitative estimate of drug-likeness (QED) is 0.429. The average molecular weight is 490 g/mol. The molecule has 0 aliphatic rings. The molecule has 3 aromatic heterocycles. The first-order valence-corrected chi connectivity index (χ1v) is 9.39. The van der Waals surface area contributed by atoms with Crippen LogP contribution in [0.2, 0.25) is 0 Å². The molecule has 0 aliphatic carbocycles. The van der Waals surface area contributed by atoms with Crippen molar-refractivity contribution < 1.29 is 35.9 Å². The summed E-state index contributed by atoms with van der Waals surface area (Å²) in [5, 5.41) is 11.3. The van der Waals surface area contributed by atoms with Crippen LogP contribution >= 0.6 is 0 Å². The first-order chi connectivity index (χ1) is 15.8. The Kier molecular flexibility index (Phi) is 6.88. The van der Waals surface area contributed by atoms with E-state index >= 15 is 0 Å². The lowest BCUT2D eigenvalue weighted by atomic mass is 10.1. The summed E-state index contributed by atoms with van der Waals surface area (Å²) in [6.45, 7) is 1.66. The van der Waals surface area contributed by atoms with Gasteiger partial charge in [0.25, 0.3) is 5.91 Å². The molecular weight excluding hydrogens is 474 g/mol. The van der Waals surface area contributed by atoms with Gasteiger partial charge in [-0.15, -0.1) is 10.2 Å². The lowest BCUT2D eigenvalue weighted by molar-refractivity contribution is -0.154. The van der Waals surface area contributed by atoms with E-state index in [2.05, 4.69) is 40.5 Å². The van der Waals surface area contributed by atoms with E-state index in [1.165, 1.54) is 31.3 Å². The highest BCUT2D eigenvalue weighted by molar-refractivity contribution is 5.93. The van der Waals surface area contributed by atoms with E-state index in [4.69, 9.17) is 0 Å². The molecule has 1 unspecified atom stereocenters. The Labute approximate surface area is 187 Å². The van der Waals surface area contributed by atoms with E-state index in [0.29, 0.717) is 11.3 Å². The fourth-order valence-electron chi connectivity index (χ4n) is 2.54. The van der Waals surface area contributed by atoms with Crippen molar-refractivity contribution in [3.8, 4) is 5.88 Å². The van der Waals surface area contributed by atoms with Gasteiger partial charge in [-0.05, 0) is 25.5 Å². The van der Waals surface area contributed by atoms with Crippen molar-refractivity contribution >= 4 is 17.8 Å². The number of aromatic nitrogens is 6. The Bertz CT molecular complexity index is 1150. The lowest BCUT2D eigenvalue weighted by Crippen LogP contribution is -2.28. The third-order valence-electron chi connectivity index (χ3n) is 4.06. The van der Waals surface area contributed by atoms with Gasteiger partial charge >= 0.3 is 12.4 Å². The Hall–Kier alpha value is -3.98. The zero-order valence-corrected chi connectivity index (χ0v) is 17.4. The Balaban J connectivity index is 1.66. The third kappa shape index (κ3) is 6.76. The Morgan fingerprint density at radius 3 is 2.47 bits per heavy atom. The number of carbonyl (C=O) groups excluding carboxylic acids is 1. The molecule has 0 aromatic carbocycles. The minimum absolute atomic E-state index is 0.101. The maximum atomic E-state index is 12.6. The number of H-pyrrole nitrogens is 1. The molecule has 1 amide bonds. The first kappa shape index (κ1) is 24.7. The number of nitrogens with zero attached hydrogens (tertiary/aromatic N) is 5. The van der Waals surface area contributed by atoms with Crippen LogP contribution in [0.1, 0.15) is 40.5 Å². The molecule has 3 aromatic rings. The summed E-state index contributed by atoms with van der Waals surface area (Å²) in [6.07, 6.45) is -7.98. The number of aromatic amines is 1. The summed E-state index contributed by atoms with van der Waals surface area (Å²) in [5.41, 5.74) is 0.701. The maximum absolute atomic E-state index is 12.6. The summed E-state index contributed by atoms with van der Waals surface area (Å²) < 4.78 is 79.1. The summed E-state index contributed by atoms with van der Waals surface area (Å²) in [6, 6.07) is 3.39. The van der Waals surface area contributed by atoms with Crippen molar-refractivity contribution in [2.24, 2.45) is 0 Å². The van der Waals surface area contributed by atoms with Crippen LogP contribution in [-0.4, -0.2) is 48.8 Å². The molecule has 16 heteroatoms. The van der Waals surface area contributed by atoms with Crippen LogP contribution in [0.5, 0.6) is 5.88 Å². The van der Waals surface area contributed by atoms with E-state index in [-0.39, 0.29) is 23.5 Å². The molecule has 0 aliphatic heterocycles. The molecule has 0 saturated carbocycles. The predicted molar refractivity (Wildman–Crippen MR) is 103 cm³/mol. The zero-order chi connectivity index (χ0) is 25.1. The fraction of sp³-hybridized carbons (Fsp3) is 0.333. The molecule has 0 saturated heterocycles. The smallest absolute Gasteiger partial charge is 0.451 e. The van der Waals surface area contributed by atoms with Gasteiger partial charge in [0.2, 0.25) is 23.6 Å². The van der Waals surface area contributed by atoms with Crippen LogP contribution in [-0.2, 0) is 6.18 Å². The topological polar surface area (TPSA) is 131 Å². The minimum Gasteiger partial charge on any atom is -0.468 e. The summed E-state index contributed by atoms with van der Waals surface area (Å²) in [7, 11) is 0. The van der Waals surface area contributed by atoms with Crippen LogP contribution in [0.25, 0.3) is 0 Å². The highest BCUT2D eigenvalue weighted by atomic mass is 19.4. The van der Waals surface area contributed by atoms with Gasteiger partial charge in [0.15, 0.2) is 6.61 Å². The molecule has 0 bridgehead atoms. The number of hydrogen-bond donors (Lipinski definition) is 3. The average Bonchev–Trinajstić information content (AvgIpc) is 3.20. The van der Waals surface area contributed by atoms with E-state index in [9.17, 15) is 31.1 Å². The zero-order valence-electron chi connectivity index (χ0n) is 17.4. The van der Waals surface area contributed by atoms with Crippen LogP contribution in [0, 0.1) is 6.92 Å². The molecule has 1 atom stereocenters. The number of anilines is 2. The van der Waals surface area contributed by atoms with Gasteiger partial charge < -0.3 is 15.0 Å². The van der Waals surface area contributed by atoms with Crippen molar-refractivity contribution in [1.29, 1.82) is 0 Å². The molecule has 10 nitrogen and oxygen atoms in total. The number of pyridine rings is 1. The lowest BCUT2D eigenvalue weighted by Gasteiger charge is -2.15. The number of rotatable bonds is 7. The molecule has 0 radical (unpaired) electrons. The number of halogens is 6. The monoisotopic (exact) mass is 490 g/mol. The van der Waals surface area contributed by atoms with Crippen molar-refractivity contribution in [2.75, 3.05) is 11.9 Å². The molecule has 3 N–H and O–H groups in total. The number of aryl methyl sites for hydroxylation is 1. The van der Waals surface area contributed by atoms with Crippen molar-refractivity contribution in [3.05, 3.63) is 47.2 Å². The fourth-order valence-corrected chi connectivity index (χ4v) is 2.54. The van der Waals surface area contributed by atoms with Crippen LogP contribution in [0.4, 0.5) is 38.2 Å². The number of alkyl halides is 6. The molecule has 34 heavy (non-hydrogen) atoms. The van der Waals surface area contributed by atoms with E-state index in [0.717, 1.165) is 0 Å². The normalized spacial score (nSPS) is 12.8. The van der Waals surface area contributed by atoms with E-state index < -0.39 is 36.7 Å². The highest BCUT2D eigenvalue weighted by Crippen LogP contribution is 2.26. The Morgan fingerprint density at radius 2 is 1.88 bits per heavy atom. The second-order valence-corrected chi connectivity index (χ2v) is 6.89. The minimum atomic E-state index is -4.72. The molecule has 0 spiro atoms. The van der Waals surface area contributed by atoms with Gasteiger partial charge in [0, 0.05) is 18.0 Å². The number of carbonyl (C=O) groups is 1. The SMILES string of the molecule is Cc1cc(C(=O)NC(C)c2ccc(OCC(F)(F)F)nc2)nc(Nc2nnc(C(F)(F)F)[nH]2)n1. The number of nitrogens with one attached hydrogen (secondary N) is 3. The molecule has 3 heterocycles. The van der Waals surface area contributed by atoms with E-state index in [1.54, 1.807) is 6.92 Å². The second-order valence-electron chi connectivity index (χ2n) is 6.89. The second kappa shape index (κ2) is 9.48. The van der Waals surface area contributed by atoms with Gasteiger partial charge in [0.05, 0.1) is 6.04 Å². The number of amides is 1. The van der Waals surface area contributed by atoms with Gasteiger partial charge in [-0.25, -0.2) is 15.0 Å². The highest BCUT2D eigenvalue weighted by Gasteiger charge is 2.35. The summed E-state index contributed by atoms with van der Waals surface area (Å²) in [5.74, 6) is -2.78. The van der Waals surface area contributed by atoms with Crippen molar-refractivity contribution in [2.45, 2.75) is 32.2 Å². The molecular formula is C18H16F6N8O2. The van der Waals surface area contributed by atoms with Crippen molar-refractivity contribution in [3.63, 3.8) is 0 Å². The summed E-state index contributed by atoms with van der Waals surface area (Å²) >= 11 is 0. The number of hydrogen-bond acceptors (Lipinski definition) is 8. The largest absolute Gasteiger partial charge is 0.468 e. The van der Waals surface area contributed by atoms with E-state index in [1.807, 2.05) is 4.98 Å². The van der Waals surface area contributed by atoms with Gasteiger partial charge in [-0.2, -0.15) is 26.3 Å². The van der Waals surface area contributed by atoms with Gasteiger partial charge in [-0.1, -0.05) is 6.07 Å². The van der Waals surface area contributed by atoms with Crippen LogP contribution < -0.4 is 15.4 Å². The Morgan fingerprint density at radius 1 is 1.15 bits per heavy atom. The predicted octanol–water partition coefficient (Wildman–Crippen LogP) is 3.49. The molecule has 0 fully saturated rings. The van der Waals surface area contributed by atoms with Crippen LogP contribution in [0.3, 0.4) is 0 Å². The van der Waals surface area contributed by atoms with Gasteiger partial charge in [-0.3, -0.25) is 10.1 Å². The summed E-state index contributed by atoms with van der Waals surface area (Å²) in [4.78, 5) is 26.3. The standard InChI is InChI=1S/C18H16F6N8O2/c1-8-5-11(28-15(26-8)30-16-29-14(31-32-16)18(22,23)24)13(33)27-9(2)10-3-4-12(25-6-10)34-7-17(19,20)21/h3-6,9H,7H2,1-2H3,(H,27,33)(H2,26,28,29,30,31,32). The maximum Gasteiger partial charge on any atom is 0.451 e. The van der Waals surface area contributed by atoms with Crippen molar-refractivity contribution in [1.82, 2.24) is 35.5 Å².